The maximum atomic E-state index is 12.1. The number of hydrogen-bond acceptors (Lipinski definition) is 4. The number of ether oxygens (including phenoxy) is 2. The van der Waals surface area contributed by atoms with Crippen molar-refractivity contribution in [2.75, 3.05) is 6.79 Å². The second kappa shape index (κ2) is 3.38. The van der Waals surface area contributed by atoms with Gasteiger partial charge < -0.3 is 9.47 Å². The normalized spacial score (nSPS) is 19.5. The summed E-state index contributed by atoms with van der Waals surface area (Å²) in [6.45, 7) is 0.169. The molecule has 1 saturated carbocycles. The van der Waals surface area contributed by atoms with Gasteiger partial charge in [0.1, 0.15) is 0 Å². The predicted octanol–water partition coefficient (Wildman–Crippen LogP) is 1.74. The molecule has 16 heavy (non-hydrogen) atoms. The molecular formula is C11H12O4S. The summed E-state index contributed by atoms with van der Waals surface area (Å²) >= 11 is 0. The van der Waals surface area contributed by atoms with E-state index in [1.165, 1.54) is 0 Å². The summed E-state index contributed by atoms with van der Waals surface area (Å²) in [6.07, 6.45) is 2.56. The van der Waals surface area contributed by atoms with Gasteiger partial charge in [0, 0.05) is 6.07 Å². The van der Waals surface area contributed by atoms with Crippen LogP contribution >= 0.6 is 0 Å². The van der Waals surface area contributed by atoms with Crippen LogP contribution in [0.25, 0.3) is 0 Å². The van der Waals surface area contributed by atoms with Gasteiger partial charge in [-0.2, -0.15) is 0 Å². The Morgan fingerprint density at radius 3 is 2.56 bits per heavy atom. The molecule has 3 rings (SSSR count). The van der Waals surface area contributed by atoms with Gasteiger partial charge in [-0.1, -0.05) is 6.42 Å². The molecule has 0 bridgehead atoms. The first-order chi connectivity index (χ1) is 7.68. The Hall–Kier alpha value is -1.23. The fourth-order valence-electron chi connectivity index (χ4n) is 1.93. The topological polar surface area (TPSA) is 52.6 Å². The Bertz CT molecular complexity index is 517. The van der Waals surface area contributed by atoms with Crippen LogP contribution in [0.15, 0.2) is 23.1 Å². The molecule has 1 aliphatic heterocycles. The van der Waals surface area contributed by atoms with E-state index in [1.54, 1.807) is 18.2 Å². The Balaban J connectivity index is 2.00. The summed E-state index contributed by atoms with van der Waals surface area (Å²) in [5, 5.41) is -0.201. The maximum Gasteiger partial charge on any atom is 0.231 e. The summed E-state index contributed by atoms with van der Waals surface area (Å²) in [7, 11) is -3.16. The zero-order valence-electron chi connectivity index (χ0n) is 8.68. The van der Waals surface area contributed by atoms with E-state index in [4.69, 9.17) is 9.47 Å². The van der Waals surface area contributed by atoms with Gasteiger partial charge in [-0.15, -0.1) is 0 Å². The van der Waals surface area contributed by atoms with Crippen LogP contribution in [0.3, 0.4) is 0 Å². The predicted molar refractivity (Wildman–Crippen MR) is 57.4 cm³/mol. The number of sulfone groups is 1. The summed E-state index contributed by atoms with van der Waals surface area (Å²) in [5.74, 6) is 1.15. The SMILES string of the molecule is O=S(=O)(c1ccc2c(c1)OCO2)C1CCC1. The highest BCUT2D eigenvalue weighted by atomic mass is 32.2. The molecule has 0 unspecified atom stereocenters. The minimum absolute atomic E-state index is 0.169. The minimum Gasteiger partial charge on any atom is -0.454 e. The van der Waals surface area contributed by atoms with E-state index in [0.29, 0.717) is 16.4 Å². The summed E-state index contributed by atoms with van der Waals surface area (Å²) in [6, 6.07) is 4.82. The largest absolute Gasteiger partial charge is 0.454 e. The van der Waals surface area contributed by atoms with Crippen LogP contribution in [0.4, 0.5) is 0 Å². The highest BCUT2D eigenvalue weighted by Crippen LogP contribution is 2.37. The van der Waals surface area contributed by atoms with E-state index >= 15 is 0 Å². The Kier molecular flexibility index (Phi) is 2.10. The lowest BCUT2D eigenvalue weighted by Crippen LogP contribution is -2.28. The molecular weight excluding hydrogens is 228 g/mol. The van der Waals surface area contributed by atoms with Gasteiger partial charge in [0.25, 0.3) is 0 Å². The van der Waals surface area contributed by atoms with Crippen molar-refractivity contribution >= 4 is 9.84 Å². The van der Waals surface area contributed by atoms with Crippen LogP contribution in [-0.4, -0.2) is 20.5 Å². The molecule has 0 amide bonds. The van der Waals surface area contributed by atoms with E-state index in [2.05, 4.69) is 0 Å². The van der Waals surface area contributed by atoms with Crippen molar-refractivity contribution in [1.29, 1.82) is 0 Å². The highest BCUT2D eigenvalue weighted by Gasteiger charge is 2.33. The molecule has 86 valence electrons. The first kappa shape index (κ1) is 9.96. The minimum atomic E-state index is -3.16. The lowest BCUT2D eigenvalue weighted by Gasteiger charge is -2.25. The lowest BCUT2D eigenvalue weighted by atomic mass is 10.00. The molecule has 4 nitrogen and oxygen atoms in total. The van der Waals surface area contributed by atoms with Crippen molar-refractivity contribution in [2.45, 2.75) is 29.4 Å². The molecule has 2 aliphatic rings. The molecule has 0 spiro atoms. The van der Waals surface area contributed by atoms with Crippen LogP contribution in [0.1, 0.15) is 19.3 Å². The van der Waals surface area contributed by atoms with Crippen molar-refractivity contribution in [1.82, 2.24) is 0 Å². The van der Waals surface area contributed by atoms with Crippen LogP contribution in [0, 0.1) is 0 Å². The third-order valence-electron chi connectivity index (χ3n) is 3.16. The summed E-state index contributed by atoms with van der Waals surface area (Å²) in [5.41, 5.74) is 0. The second-order valence-electron chi connectivity index (χ2n) is 4.11. The Morgan fingerprint density at radius 1 is 1.12 bits per heavy atom. The first-order valence-electron chi connectivity index (χ1n) is 5.31. The maximum absolute atomic E-state index is 12.1. The molecule has 1 aliphatic carbocycles. The van der Waals surface area contributed by atoms with Gasteiger partial charge >= 0.3 is 0 Å². The number of rotatable bonds is 2. The molecule has 0 aromatic heterocycles. The third-order valence-corrected chi connectivity index (χ3v) is 5.42. The second-order valence-corrected chi connectivity index (χ2v) is 6.34. The fraction of sp³-hybridized carbons (Fsp3) is 0.455. The van der Waals surface area contributed by atoms with Gasteiger partial charge in [0.15, 0.2) is 21.3 Å². The van der Waals surface area contributed by atoms with Crippen molar-refractivity contribution in [2.24, 2.45) is 0 Å². The van der Waals surface area contributed by atoms with Crippen molar-refractivity contribution in [3.63, 3.8) is 0 Å². The average molecular weight is 240 g/mol. The van der Waals surface area contributed by atoms with Crippen LogP contribution in [-0.2, 0) is 9.84 Å². The average Bonchev–Trinajstić information content (AvgIpc) is 2.60. The number of hydrogen-bond donors (Lipinski definition) is 0. The molecule has 1 aromatic carbocycles. The van der Waals surface area contributed by atoms with E-state index < -0.39 is 9.84 Å². The van der Waals surface area contributed by atoms with Crippen molar-refractivity contribution in [3.05, 3.63) is 18.2 Å². The standard InChI is InChI=1S/C11H12O4S/c12-16(13,8-2-1-3-8)9-4-5-10-11(6-9)15-7-14-10/h4-6,8H,1-3,7H2. The molecule has 5 heteroatoms. The van der Waals surface area contributed by atoms with Crippen molar-refractivity contribution in [3.8, 4) is 11.5 Å². The zero-order valence-corrected chi connectivity index (χ0v) is 9.50. The monoisotopic (exact) mass is 240 g/mol. The molecule has 0 atom stereocenters. The number of benzene rings is 1. The molecule has 0 saturated heterocycles. The lowest BCUT2D eigenvalue weighted by molar-refractivity contribution is 0.174. The summed E-state index contributed by atoms with van der Waals surface area (Å²) in [4.78, 5) is 0.349. The van der Waals surface area contributed by atoms with E-state index in [1.807, 2.05) is 0 Å². The number of fused-ring (bicyclic) bond motifs is 1. The Morgan fingerprint density at radius 2 is 1.88 bits per heavy atom. The molecule has 1 aromatic rings. The van der Waals surface area contributed by atoms with Crippen LogP contribution in [0.2, 0.25) is 0 Å². The van der Waals surface area contributed by atoms with Crippen molar-refractivity contribution < 1.29 is 17.9 Å². The summed E-state index contributed by atoms with van der Waals surface area (Å²) < 4.78 is 34.6. The van der Waals surface area contributed by atoms with Crippen LogP contribution in [0.5, 0.6) is 11.5 Å². The fourth-order valence-corrected chi connectivity index (χ4v) is 3.80. The van der Waals surface area contributed by atoms with Gasteiger partial charge in [0.05, 0.1) is 10.1 Å². The molecule has 0 radical (unpaired) electrons. The Labute approximate surface area is 94.1 Å². The van der Waals surface area contributed by atoms with Crippen LogP contribution < -0.4 is 9.47 Å². The van der Waals surface area contributed by atoms with Gasteiger partial charge in [-0.25, -0.2) is 8.42 Å². The van der Waals surface area contributed by atoms with Gasteiger partial charge in [-0.05, 0) is 25.0 Å². The first-order valence-corrected chi connectivity index (χ1v) is 6.86. The quantitative estimate of drug-likeness (QED) is 0.790. The van der Waals surface area contributed by atoms with E-state index in [0.717, 1.165) is 19.3 Å². The smallest absolute Gasteiger partial charge is 0.231 e. The zero-order chi connectivity index (χ0) is 11.2. The molecule has 1 heterocycles. The highest BCUT2D eigenvalue weighted by molar-refractivity contribution is 7.92. The van der Waals surface area contributed by atoms with E-state index in [-0.39, 0.29) is 12.0 Å². The van der Waals surface area contributed by atoms with E-state index in [9.17, 15) is 8.42 Å². The molecule has 0 N–H and O–H groups in total. The third kappa shape index (κ3) is 1.38. The molecule has 1 fully saturated rings. The van der Waals surface area contributed by atoms with Gasteiger partial charge in [0.2, 0.25) is 6.79 Å². The van der Waals surface area contributed by atoms with Gasteiger partial charge in [-0.3, -0.25) is 0 Å².